The zero-order valence-electron chi connectivity index (χ0n) is 11.4. The number of rotatable bonds is 3. The molecule has 0 heterocycles. The van der Waals surface area contributed by atoms with Crippen LogP contribution in [-0.2, 0) is 0 Å². The van der Waals surface area contributed by atoms with Crippen LogP contribution in [0.25, 0.3) is 0 Å². The van der Waals surface area contributed by atoms with Crippen LogP contribution in [0.2, 0.25) is 0 Å². The Balaban J connectivity index is 1.71. The first-order valence-corrected chi connectivity index (χ1v) is 7.31. The van der Waals surface area contributed by atoms with Gasteiger partial charge in [-0.3, -0.25) is 0 Å². The van der Waals surface area contributed by atoms with Gasteiger partial charge in [0.05, 0.1) is 0 Å². The van der Waals surface area contributed by atoms with Crippen molar-refractivity contribution < 1.29 is 0 Å². The van der Waals surface area contributed by atoms with Crippen molar-refractivity contribution in [1.82, 2.24) is 5.32 Å². The molecule has 1 nitrogen and oxygen atoms in total. The van der Waals surface area contributed by atoms with Crippen LogP contribution in [0.1, 0.15) is 65.7 Å². The smallest absolute Gasteiger partial charge is 0.0118 e. The molecule has 1 N–H and O–H groups in total. The van der Waals surface area contributed by atoms with E-state index in [9.17, 15) is 0 Å². The molecule has 0 radical (unpaired) electrons. The molecule has 2 aliphatic rings. The molecular formula is C15H29N. The average Bonchev–Trinajstić information content (AvgIpc) is 2.57. The van der Waals surface area contributed by atoms with Gasteiger partial charge in [-0.1, -0.05) is 40.0 Å². The minimum absolute atomic E-state index is 0.544. The van der Waals surface area contributed by atoms with Gasteiger partial charge >= 0.3 is 0 Å². The minimum atomic E-state index is 0.544. The Morgan fingerprint density at radius 1 is 1.06 bits per heavy atom. The van der Waals surface area contributed by atoms with E-state index >= 15 is 0 Å². The summed E-state index contributed by atoms with van der Waals surface area (Å²) in [7, 11) is 0. The van der Waals surface area contributed by atoms with Crippen molar-refractivity contribution >= 4 is 0 Å². The van der Waals surface area contributed by atoms with E-state index < -0.39 is 0 Å². The van der Waals surface area contributed by atoms with Crippen LogP contribution in [0.15, 0.2) is 0 Å². The van der Waals surface area contributed by atoms with E-state index in [1.807, 2.05) is 0 Å². The largest absolute Gasteiger partial charge is 0.313 e. The molecule has 0 aromatic carbocycles. The molecule has 0 amide bonds. The third-order valence-corrected chi connectivity index (χ3v) is 5.05. The van der Waals surface area contributed by atoms with Crippen molar-refractivity contribution in [2.45, 2.75) is 71.8 Å². The molecule has 0 aromatic rings. The van der Waals surface area contributed by atoms with Gasteiger partial charge in [0.1, 0.15) is 0 Å². The summed E-state index contributed by atoms with van der Waals surface area (Å²) in [5.41, 5.74) is 0.544. The molecule has 0 saturated heterocycles. The van der Waals surface area contributed by atoms with Crippen LogP contribution in [0, 0.1) is 17.3 Å². The van der Waals surface area contributed by atoms with Gasteiger partial charge in [-0.2, -0.15) is 0 Å². The summed E-state index contributed by atoms with van der Waals surface area (Å²) in [6.45, 7) is 8.55. The molecule has 0 spiro atoms. The zero-order valence-corrected chi connectivity index (χ0v) is 11.4. The van der Waals surface area contributed by atoms with Gasteiger partial charge in [-0.05, 0) is 49.5 Å². The Morgan fingerprint density at radius 3 is 2.31 bits per heavy atom. The maximum atomic E-state index is 3.86. The molecule has 1 atom stereocenters. The van der Waals surface area contributed by atoms with Crippen LogP contribution in [0.3, 0.4) is 0 Å². The Kier molecular flexibility index (Phi) is 3.94. The Hall–Kier alpha value is -0.0400. The van der Waals surface area contributed by atoms with E-state index in [-0.39, 0.29) is 0 Å². The predicted octanol–water partition coefficient (Wildman–Crippen LogP) is 3.98. The molecule has 2 fully saturated rings. The SMILES string of the molecule is CC1CCC(CNC2CCCC2(C)C)CC1. The van der Waals surface area contributed by atoms with Gasteiger partial charge in [-0.15, -0.1) is 0 Å². The average molecular weight is 223 g/mol. The maximum absolute atomic E-state index is 3.86. The van der Waals surface area contributed by atoms with E-state index in [4.69, 9.17) is 0 Å². The molecule has 0 aliphatic heterocycles. The van der Waals surface area contributed by atoms with Gasteiger partial charge < -0.3 is 5.32 Å². The normalized spacial score (nSPS) is 38.8. The van der Waals surface area contributed by atoms with Crippen LogP contribution >= 0.6 is 0 Å². The molecule has 94 valence electrons. The van der Waals surface area contributed by atoms with Gasteiger partial charge in [0.15, 0.2) is 0 Å². The summed E-state index contributed by atoms with van der Waals surface area (Å²) < 4.78 is 0. The van der Waals surface area contributed by atoms with Crippen molar-refractivity contribution in [1.29, 1.82) is 0 Å². The summed E-state index contributed by atoms with van der Waals surface area (Å²) in [5.74, 6) is 1.95. The second-order valence-corrected chi connectivity index (χ2v) is 6.97. The van der Waals surface area contributed by atoms with E-state index in [0.29, 0.717) is 5.41 Å². The van der Waals surface area contributed by atoms with E-state index in [0.717, 1.165) is 17.9 Å². The molecule has 2 rings (SSSR count). The molecule has 1 heteroatoms. The lowest BCUT2D eigenvalue weighted by molar-refractivity contribution is 0.236. The van der Waals surface area contributed by atoms with Crippen molar-refractivity contribution in [2.75, 3.05) is 6.54 Å². The summed E-state index contributed by atoms with van der Waals surface area (Å²) in [4.78, 5) is 0. The van der Waals surface area contributed by atoms with Gasteiger partial charge in [0, 0.05) is 6.04 Å². The lowest BCUT2D eigenvalue weighted by atomic mass is 9.82. The lowest BCUT2D eigenvalue weighted by Gasteiger charge is -2.32. The molecule has 0 bridgehead atoms. The Bertz CT molecular complexity index is 213. The maximum Gasteiger partial charge on any atom is 0.0118 e. The molecular weight excluding hydrogens is 194 g/mol. The number of hydrogen-bond acceptors (Lipinski definition) is 1. The van der Waals surface area contributed by atoms with Crippen molar-refractivity contribution in [3.8, 4) is 0 Å². The van der Waals surface area contributed by atoms with Crippen LogP contribution in [0.4, 0.5) is 0 Å². The van der Waals surface area contributed by atoms with Crippen molar-refractivity contribution in [3.05, 3.63) is 0 Å². The van der Waals surface area contributed by atoms with Crippen LogP contribution in [0.5, 0.6) is 0 Å². The van der Waals surface area contributed by atoms with Gasteiger partial charge in [0.25, 0.3) is 0 Å². The second-order valence-electron chi connectivity index (χ2n) is 6.97. The first-order valence-electron chi connectivity index (χ1n) is 7.31. The topological polar surface area (TPSA) is 12.0 Å². The van der Waals surface area contributed by atoms with Crippen molar-refractivity contribution in [3.63, 3.8) is 0 Å². The third-order valence-electron chi connectivity index (χ3n) is 5.05. The monoisotopic (exact) mass is 223 g/mol. The predicted molar refractivity (Wildman–Crippen MR) is 70.5 cm³/mol. The first-order chi connectivity index (χ1) is 7.58. The molecule has 0 aromatic heterocycles. The summed E-state index contributed by atoms with van der Waals surface area (Å²) in [6.07, 6.45) is 10.1. The highest BCUT2D eigenvalue weighted by atomic mass is 14.9. The van der Waals surface area contributed by atoms with Gasteiger partial charge in [-0.25, -0.2) is 0 Å². The quantitative estimate of drug-likeness (QED) is 0.763. The van der Waals surface area contributed by atoms with Crippen LogP contribution in [-0.4, -0.2) is 12.6 Å². The second kappa shape index (κ2) is 5.08. The van der Waals surface area contributed by atoms with E-state index in [1.54, 1.807) is 0 Å². The Labute approximate surface area is 101 Å². The van der Waals surface area contributed by atoms with E-state index in [2.05, 4.69) is 26.1 Å². The fraction of sp³-hybridized carbons (Fsp3) is 1.00. The highest BCUT2D eigenvalue weighted by Crippen LogP contribution is 2.37. The number of hydrogen-bond donors (Lipinski definition) is 1. The summed E-state index contributed by atoms with van der Waals surface area (Å²) in [6, 6.07) is 0.784. The third kappa shape index (κ3) is 3.00. The summed E-state index contributed by atoms with van der Waals surface area (Å²) >= 11 is 0. The fourth-order valence-corrected chi connectivity index (χ4v) is 3.55. The molecule has 2 aliphatic carbocycles. The van der Waals surface area contributed by atoms with E-state index in [1.165, 1.54) is 51.5 Å². The highest BCUT2D eigenvalue weighted by Gasteiger charge is 2.34. The standard InChI is InChI=1S/C15H29N/c1-12-6-8-13(9-7-12)11-16-14-5-4-10-15(14,2)3/h12-14,16H,4-11H2,1-3H3. The van der Waals surface area contributed by atoms with Gasteiger partial charge in [0.2, 0.25) is 0 Å². The van der Waals surface area contributed by atoms with Crippen molar-refractivity contribution in [2.24, 2.45) is 17.3 Å². The highest BCUT2D eigenvalue weighted by molar-refractivity contribution is 4.90. The lowest BCUT2D eigenvalue weighted by Crippen LogP contribution is -2.40. The molecule has 2 saturated carbocycles. The first kappa shape index (κ1) is 12.4. The minimum Gasteiger partial charge on any atom is -0.313 e. The molecule has 16 heavy (non-hydrogen) atoms. The number of nitrogens with one attached hydrogen (secondary N) is 1. The van der Waals surface area contributed by atoms with Crippen LogP contribution < -0.4 is 5.32 Å². The fourth-order valence-electron chi connectivity index (χ4n) is 3.55. The summed E-state index contributed by atoms with van der Waals surface area (Å²) in [5, 5.41) is 3.86. The molecule has 1 unspecified atom stereocenters. The Morgan fingerprint density at radius 2 is 1.75 bits per heavy atom. The zero-order chi connectivity index (χ0) is 11.6.